The maximum atomic E-state index is 12.0. The van der Waals surface area contributed by atoms with Crippen molar-refractivity contribution >= 4 is 40.7 Å². The standard InChI is InChI=1S/C14H16ClNO2S/c1-14(2,3)19-7-6-16-11-5-4-9(15)8-10(11)12(17)13(16)18/h4-5,8H,6-7H2,1-3H3. The molecule has 19 heavy (non-hydrogen) atoms. The van der Waals surface area contributed by atoms with Gasteiger partial charge in [0.2, 0.25) is 0 Å². The molecule has 5 heteroatoms. The van der Waals surface area contributed by atoms with Crippen LogP contribution in [0.15, 0.2) is 18.2 Å². The zero-order valence-electron chi connectivity index (χ0n) is 11.2. The van der Waals surface area contributed by atoms with Crippen molar-refractivity contribution in [3.8, 4) is 0 Å². The topological polar surface area (TPSA) is 37.4 Å². The molecular formula is C14H16ClNO2S. The lowest BCUT2D eigenvalue weighted by molar-refractivity contribution is -0.114. The summed E-state index contributed by atoms with van der Waals surface area (Å²) in [5.74, 6) is -0.116. The largest absolute Gasteiger partial charge is 0.304 e. The molecule has 0 radical (unpaired) electrons. The van der Waals surface area contributed by atoms with Crippen molar-refractivity contribution in [2.75, 3.05) is 17.2 Å². The van der Waals surface area contributed by atoms with E-state index in [1.54, 1.807) is 34.9 Å². The molecule has 1 amide bonds. The third-order valence-electron chi connectivity index (χ3n) is 2.78. The van der Waals surface area contributed by atoms with Crippen LogP contribution in [0.2, 0.25) is 5.02 Å². The Morgan fingerprint density at radius 3 is 2.58 bits per heavy atom. The first kappa shape index (κ1) is 14.4. The number of hydrogen-bond acceptors (Lipinski definition) is 3. The second-order valence-corrected chi connectivity index (χ2v) is 7.77. The third kappa shape index (κ3) is 3.12. The van der Waals surface area contributed by atoms with Crippen molar-refractivity contribution in [1.82, 2.24) is 0 Å². The van der Waals surface area contributed by atoms with Gasteiger partial charge in [-0.3, -0.25) is 9.59 Å². The molecule has 1 aliphatic rings. The lowest BCUT2D eigenvalue weighted by atomic mass is 10.1. The molecule has 0 atom stereocenters. The molecule has 1 aliphatic heterocycles. The van der Waals surface area contributed by atoms with Gasteiger partial charge in [0.1, 0.15) is 0 Å². The van der Waals surface area contributed by atoms with Crippen LogP contribution in [0.25, 0.3) is 0 Å². The summed E-state index contributed by atoms with van der Waals surface area (Å²) in [4.78, 5) is 25.4. The zero-order valence-corrected chi connectivity index (χ0v) is 12.8. The summed E-state index contributed by atoms with van der Waals surface area (Å²) in [7, 11) is 0. The summed E-state index contributed by atoms with van der Waals surface area (Å²) in [5.41, 5.74) is 1.09. The molecule has 0 saturated carbocycles. The van der Waals surface area contributed by atoms with Gasteiger partial charge in [-0.15, -0.1) is 0 Å². The number of carbonyl (C=O) groups is 2. The average Bonchev–Trinajstić information content (AvgIpc) is 2.53. The monoisotopic (exact) mass is 297 g/mol. The van der Waals surface area contributed by atoms with E-state index >= 15 is 0 Å². The summed E-state index contributed by atoms with van der Waals surface area (Å²) < 4.78 is 0.148. The van der Waals surface area contributed by atoms with E-state index < -0.39 is 11.7 Å². The van der Waals surface area contributed by atoms with Gasteiger partial charge in [-0.05, 0) is 18.2 Å². The first-order valence-corrected chi connectivity index (χ1v) is 7.46. The second-order valence-electron chi connectivity index (χ2n) is 5.41. The Labute approximate surface area is 122 Å². The quantitative estimate of drug-likeness (QED) is 0.803. The number of benzene rings is 1. The minimum Gasteiger partial charge on any atom is -0.304 e. The molecule has 0 bridgehead atoms. The summed E-state index contributed by atoms with van der Waals surface area (Å²) in [5, 5.41) is 0.478. The number of rotatable bonds is 3. The number of thioether (sulfide) groups is 1. The van der Waals surface area contributed by atoms with Crippen molar-refractivity contribution in [2.24, 2.45) is 0 Å². The average molecular weight is 298 g/mol. The van der Waals surface area contributed by atoms with Crippen molar-refractivity contribution < 1.29 is 9.59 Å². The van der Waals surface area contributed by atoms with Gasteiger partial charge in [0, 0.05) is 22.1 Å². The highest BCUT2D eigenvalue weighted by Gasteiger charge is 2.35. The molecule has 1 aromatic carbocycles. The van der Waals surface area contributed by atoms with Crippen LogP contribution >= 0.6 is 23.4 Å². The van der Waals surface area contributed by atoms with Gasteiger partial charge < -0.3 is 4.90 Å². The molecule has 0 fully saturated rings. The third-order valence-corrected chi connectivity index (χ3v) is 4.27. The molecule has 1 heterocycles. The zero-order chi connectivity index (χ0) is 14.2. The van der Waals surface area contributed by atoms with Crippen LogP contribution in [0.5, 0.6) is 0 Å². The molecule has 102 valence electrons. The van der Waals surface area contributed by atoms with E-state index in [1.807, 2.05) is 0 Å². The highest BCUT2D eigenvalue weighted by Crippen LogP contribution is 2.32. The van der Waals surface area contributed by atoms with E-state index in [-0.39, 0.29) is 4.75 Å². The van der Waals surface area contributed by atoms with E-state index in [0.29, 0.717) is 22.8 Å². The Morgan fingerprint density at radius 1 is 1.26 bits per heavy atom. The van der Waals surface area contributed by atoms with Crippen molar-refractivity contribution in [2.45, 2.75) is 25.5 Å². The molecule has 0 saturated heterocycles. The van der Waals surface area contributed by atoms with E-state index in [2.05, 4.69) is 20.8 Å². The number of fused-ring (bicyclic) bond motifs is 1. The van der Waals surface area contributed by atoms with Crippen LogP contribution in [0.1, 0.15) is 31.1 Å². The minimum absolute atomic E-state index is 0.148. The minimum atomic E-state index is -0.460. The van der Waals surface area contributed by atoms with Gasteiger partial charge in [0.25, 0.3) is 11.7 Å². The van der Waals surface area contributed by atoms with Crippen LogP contribution in [0, 0.1) is 0 Å². The van der Waals surface area contributed by atoms with Crippen molar-refractivity contribution in [1.29, 1.82) is 0 Å². The van der Waals surface area contributed by atoms with Crippen molar-refractivity contribution in [3.63, 3.8) is 0 Å². The fourth-order valence-electron chi connectivity index (χ4n) is 1.94. The van der Waals surface area contributed by atoms with Gasteiger partial charge >= 0.3 is 0 Å². The number of Topliss-reactive ketones (excluding diaryl/α,β-unsaturated/α-hetero) is 1. The molecule has 2 rings (SSSR count). The Bertz CT molecular complexity index is 537. The molecular weight excluding hydrogens is 282 g/mol. The van der Waals surface area contributed by atoms with Crippen molar-refractivity contribution in [3.05, 3.63) is 28.8 Å². The molecule has 0 N–H and O–H groups in total. The van der Waals surface area contributed by atoms with Gasteiger partial charge in [0.15, 0.2) is 0 Å². The molecule has 0 spiro atoms. The Balaban J connectivity index is 2.15. The number of anilines is 1. The van der Waals surface area contributed by atoms with Gasteiger partial charge in [-0.1, -0.05) is 32.4 Å². The smallest absolute Gasteiger partial charge is 0.299 e. The maximum absolute atomic E-state index is 12.0. The van der Waals surface area contributed by atoms with Crippen LogP contribution in [0.4, 0.5) is 5.69 Å². The molecule has 0 unspecified atom stereocenters. The Hall–Kier alpha value is -1.00. The summed E-state index contributed by atoms with van der Waals surface area (Å²) >= 11 is 7.63. The van der Waals surface area contributed by atoms with Crippen LogP contribution in [-0.2, 0) is 4.79 Å². The molecule has 0 aromatic heterocycles. The van der Waals surface area contributed by atoms with E-state index in [0.717, 1.165) is 5.75 Å². The predicted molar refractivity (Wildman–Crippen MR) is 80.3 cm³/mol. The van der Waals surface area contributed by atoms with Gasteiger partial charge in [-0.25, -0.2) is 0 Å². The number of nitrogens with zero attached hydrogens (tertiary/aromatic N) is 1. The van der Waals surface area contributed by atoms with Crippen LogP contribution in [0.3, 0.4) is 0 Å². The van der Waals surface area contributed by atoms with Crippen LogP contribution < -0.4 is 4.90 Å². The maximum Gasteiger partial charge on any atom is 0.299 e. The number of halogens is 1. The normalized spacial score (nSPS) is 15.1. The van der Waals surface area contributed by atoms with E-state index in [9.17, 15) is 9.59 Å². The van der Waals surface area contributed by atoms with Gasteiger partial charge in [-0.2, -0.15) is 11.8 Å². The predicted octanol–water partition coefficient (Wildman–Crippen LogP) is 3.40. The highest BCUT2D eigenvalue weighted by molar-refractivity contribution is 8.00. The highest BCUT2D eigenvalue weighted by atomic mass is 35.5. The van der Waals surface area contributed by atoms with E-state index in [1.165, 1.54) is 0 Å². The molecule has 3 nitrogen and oxygen atoms in total. The number of carbonyl (C=O) groups excluding carboxylic acids is 2. The number of hydrogen-bond donors (Lipinski definition) is 0. The summed E-state index contributed by atoms with van der Waals surface area (Å²) in [6.07, 6.45) is 0. The first-order chi connectivity index (χ1) is 8.79. The van der Waals surface area contributed by atoms with Crippen LogP contribution in [-0.4, -0.2) is 28.7 Å². The summed E-state index contributed by atoms with van der Waals surface area (Å²) in [6.45, 7) is 6.92. The fraction of sp³-hybridized carbons (Fsp3) is 0.429. The number of ketones is 1. The molecule has 1 aromatic rings. The fourth-order valence-corrected chi connectivity index (χ4v) is 3.00. The first-order valence-electron chi connectivity index (χ1n) is 6.09. The Kier molecular flexibility index (Phi) is 3.92. The lowest BCUT2D eigenvalue weighted by Crippen LogP contribution is -2.32. The van der Waals surface area contributed by atoms with Gasteiger partial charge in [0.05, 0.1) is 11.3 Å². The SMILES string of the molecule is CC(C)(C)SCCN1C(=O)C(=O)c2cc(Cl)ccc21. The summed E-state index contributed by atoms with van der Waals surface area (Å²) in [6, 6.07) is 5.01. The molecule has 0 aliphatic carbocycles. The second kappa shape index (κ2) is 5.17. The Morgan fingerprint density at radius 2 is 1.95 bits per heavy atom. The lowest BCUT2D eigenvalue weighted by Gasteiger charge is -2.21. The van der Waals surface area contributed by atoms with E-state index in [4.69, 9.17) is 11.6 Å². The number of amides is 1.